The molecule has 0 amide bonds. The molecule has 3 heteroatoms. The van der Waals surface area contributed by atoms with Crippen LogP contribution in [0.4, 0.5) is 0 Å². The van der Waals surface area contributed by atoms with Crippen LogP contribution in [0.5, 0.6) is 0 Å². The zero-order valence-electron chi connectivity index (χ0n) is 11.8. The van der Waals surface area contributed by atoms with Gasteiger partial charge in [-0.05, 0) is 30.9 Å². The lowest BCUT2D eigenvalue weighted by molar-refractivity contribution is 0.0106. The fourth-order valence-corrected chi connectivity index (χ4v) is 2.03. The Morgan fingerprint density at radius 3 is 2.67 bits per heavy atom. The van der Waals surface area contributed by atoms with Gasteiger partial charge in [-0.1, -0.05) is 33.3 Å². The molecule has 0 saturated carbocycles. The Morgan fingerprint density at radius 1 is 1.33 bits per heavy atom. The van der Waals surface area contributed by atoms with E-state index in [-0.39, 0.29) is 12.1 Å². The standard InChI is InChI=1S/C15H26N2O/c1-4-8-12(3)11-18-15(13(16)5-2)14-9-6-7-10-17-14/h6-7,9-10,12-13,15H,4-5,8,11,16H2,1-3H3. The van der Waals surface area contributed by atoms with Crippen molar-refractivity contribution in [1.29, 1.82) is 0 Å². The van der Waals surface area contributed by atoms with Gasteiger partial charge < -0.3 is 10.5 Å². The molecule has 0 saturated heterocycles. The highest BCUT2D eigenvalue weighted by atomic mass is 16.5. The van der Waals surface area contributed by atoms with Crippen molar-refractivity contribution in [2.75, 3.05) is 6.61 Å². The molecular weight excluding hydrogens is 224 g/mol. The zero-order chi connectivity index (χ0) is 13.4. The molecule has 1 rings (SSSR count). The molecule has 1 aromatic heterocycles. The Bertz CT molecular complexity index is 316. The minimum atomic E-state index is -0.0875. The number of aromatic nitrogens is 1. The quantitative estimate of drug-likeness (QED) is 0.770. The van der Waals surface area contributed by atoms with Gasteiger partial charge in [0.2, 0.25) is 0 Å². The van der Waals surface area contributed by atoms with E-state index < -0.39 is 0 Å². The first kappa shape index (κ1) is 15.1. The van der Waals surface area contributed by atoms with Gasteiger partial charge in [0, 0.05) is 12.2 Å². The fourth-order valence-electron chi connectivity index (χ4n) is 2.03. The van der Waals surface area contributed by atoms with E-state index in [9.17, 15) is 0 Å². The predicted molar refractivity (Wildman–Crippen MR) is 75.3 cm³/mol. The zero-order valence-corrected chi connectivity index (χ0v) is 11.8. The van der Waals surface area contributed by atoms with E-state index in [0.29, 0.717) is 5.92 Å². The number of pyridine rings is 1. The summed E-state index contributed by atoms with van der Waals surface area (Å²) in [5.74, 6) is 0.574. The molecule has 0 aromatic carbocycles. The number of nitrogens with two attached hydrogens (primary N) is 1. The molecule has 102 valence electrons. The number of hydrogen-bond acceptors (Lipinski definition) is 3. The van der Waals surface area contributed by atoms with Crippen LogP contribution in [0.25, 0.3) is 0 Å². The largest absolute Gasteiger partial charge is 0.370 e. The molecule has 0 spiro atoms. The summed E-state index contributed by atoms with van der Waals surface area (Å²) < 4.78 is 6.01. The van der Waals surface area contributed by atoms with Crippen LogP contribution in [0.2, 0.25) is 0 Å². The third-order valence-corrected chi connectivity index (χ3v) is 3.18. The Morgan fingerprint density at radius 2 is 2.11 bits per heavy atom. The third-order valence-electron chi connectivity index (χ3n) is 3.18. The number of nitrogens with zero attached hydrogens (tertiary/aromatic N) is 1. The van der Waals surface area contributed by atoms with Crippen molar-refractivity contribution < 1.29 is 4.74 Å². The van der Waals surface area contributed by atoms with Crippen molar-refractivity contribution in [2.24, 2.45) is 11.7 Å². The summed E-state index contributed by atoms with van der Waals surface area (Å²) in [4.78, 5) is 4.37. The topological polar surface area (TPSA) is 48.1 Å². The van der Waals surface area contributed by atoms with Crippen molar-refractivity contribution in [3.63, 3.8) is 0 Å². The molecule has 0 radical (unpaired) electrons. The summed E-state index contributed by atoms with van der Waals surface area (Å²) in [6.07, 6.45) is 4.98. The Balaban J connectivity index is 2.62. The first-order chi connectivity index (χ1) is 8.69. The molecule has 1 aromatic rings. The molecule has 0 aliphatic carbocycles. The molecule has 1 heterocycles. The van der Waals surface area contributed by atoms with Crippen LogP contribution in [-0.2, 0) is 4.74 Å². The van der Waals surface area contributed by atoms with E-state index >= 15 is 0 Å². The van der Waals surface area contributed by atoms with Crippen LogP contribution in [0.3, 0.4) is 0 Å². The van der Waals surface area contributed by atoms with Crippen LogP contribution >= 0.6 is 0 Å². The Labute approximate surface area is 111 Å². The van der Waals surface area contributed by atoms with Crippen molar-refractivity contribution in [3.05, 3.63) is 30.1 Å². The summed E-state index contributed by atoms with van der Waals surface area (Å²) in [6.45, 7) is 7.25. The lowest BCUT2D eigenvalue weighted by Gasteiger charge is -2.24. The van der Waals surface area contributed by atoms with Crippen molar-refractivity contribution >= 4 is 0 Å². The predicted octanol–water partition coefficient (Wildman–Crippen LogP) is 3.31. The van der Waals surface area contributed by atoms with Crippen LogP contribution < -0.4 is 5.73 Å². The third kappa shape index (κ3) is 4.75. The van der Waals surface area contributed by atoms with Crippen LogP contribution in [0.15, 0.2) is 24.4 Å². The second-order valence-electron chi connectivity index (χ2n) is 4.97. The Hall–Kier alpha value is -0.930. The first-order valence-corrected chi connectivity index (χ1v) is 6.97. The summed E-state index contributed by atoms with van der Waals surface area (Å²) in [7, 11) is 0. The summed E-state index contributed by atoms with van der Waals surface area (Å²) in [5.41, 5.74) is 7.08. The van der Waals surface area contributed by atoms with E-state index in [1.807, 2.05) is 18.2 Å². The molecule has 3 unspecified atom stereocenters. The van der Waals surface area contributed by atoms with Gasteiger partial charge in [0.15, 0.2) is 0 Å². The highest BCUT2D eigenvalue weighted by Crippen LogP contribution is 2.21. The minimum Gasteiger partial charge on any atom is -0.370 e. The van der Waals surface area contributed by atoms with Gasteiger partial charge in [-0.15, -0.1) is 0 Å². The average Bonchev–Trinajstić information content (AvgIpc) is 2.40. The van der Waals surface area contributed by atoms with E-state index in [1.54, 1.807) is 6.20 Å². The molecule has 0 aliphatic rings. The lowest BCUT2D eigenvalue weighted by atomic mass is 10.0. The minimum absolute atomic E-state index is 0.00808. The van der Waals surface area contributed by atoms with Gasteiger partial charge in [0.05, 0.1) is 12.3 Å². The smallest absolute Gasteiger partial charge is 0.114 e. The van der Waals surface area contributed by atoms with Gasteiger partial charge in [-0.2, -0.15) is 0 Å². The highest BCUT2D eigenvalue weighted by molar-refractivity contribution is 5.09. The molecule has 0 fully saturated rings. The molecule has 3 atom stereocenters. The summed E-state index contributed by atoms with van der Waals surface area (Å²) in [6, 6.07) is 5.90. The van der Waals surface area contributed by atoms with E-state index in [2.05, 4.69) is 25.8 Å². The van der Waals surface area contributed by atoms with Crippen molar-refractivity contribution in [2.45, 2.75) is 52.2 Å². The summed E-state index contributed by atoms with van der Waals surface area (Å²) in [5, 5.41) is 0. The average molecular weight is 250 g/mol. The van der Waals surface area contributed by atoms with Gasteiger partial charge in [-0.25, -0.2) is 0 Å². The second kappa shape index (κ2) is 8.22. The van der Waals surface area contributed by atoms with E-state index in [1.165, 1.54) is 12.8 Å². The van der Waals surface area contributed by atoms with Gasteiger partial charge in [0.25, 0.3) is 0 Å². The maximum absolute atomic E-state index is 6.14. The Kier molecular flexibility index (Phi) is 6.91. The first-order valence-electron chi connectivity index (χ1n) is 6.97. The van der Waals surface area contributed by atoms with Crippen LogP contribution in [0.1, 0.15) is 51.8 Å². The monoisotopic (exact) mass is 250 g/mol. The number of rotatable bonds is 8. The molecular formula is C15H26N2O. The number of hydrogen-bond donors (Lipinski definition) is 1. The summed E-state index contributed by atoms with van der Waals surface area (Å²) >= 11 is 0. The van der Waals surface area contributed by atoms with Crippen molar-refractivity contribution in [3.8, 4) is 0 Å². The fraction of sp³-hybridized carbons (Fsp3) is 0.667. The normalized spacial score (nSPS) is 16.2. The molecule has 0 bridgehead atoms. The second-order valence-corrected chi connectivity index (χ2v) is 4.97. The van der Waals surface area contributed by atoms with Gasteiger partial charge >= 0.3 is 0 Å². The number of ether oxygens (including phenoxy) is 1. The van der Waals surface area contributed by atoms with Gasteiger partial charge in [-0.3, -0.25) is 4.98 Å². The SMILES string of the molecule is CCCC(C)COC(c1ccccn1)C(N)CC. The van der Waals surface area contributed by atoms with Crippen LogP contribution in [0, 0.1) is 5.92 Å². The molecule has 3 nitrogen and oxygen atoms in total. The maximum atomic E-state index is 6.14. The molecule has 2 N–H and O–H groups in total. The highest BCUT2D eigenvalue weighted by Gasteiger charge is 2.21. The van der Waals surface area contributed by atoms with Crippen molar-refractivity contribution in [1.82, 2.24) is 4.98 Å². The van der Waals surface area contributed by atoms with Gasteiger partial charge in [0.1, 0.15) is 6.10 Å². The van der Waals surface area contributed by atoms with E-state index in [4.69, 9.17) is 10.5 Å². The van der Waals surface area contributed by atoms with E-state index in [0.717, 1.165) is 18.7 Å². The molecule has 18 heavy (non-hydrogen) atoms. The lowest BCUT2D eigenvalue weighted by Crippen LogP contribution is -2.31. The van der Waals surface area contributed by atoms with Crippen LogP contribution in [-0.4, -0.2) is 17.6 Å². The maximum Gasteiger partial charge on any atom is 0.114 e. The molecule has 0 aliphatic heterocycles.